The molecule has 3 rings (SSSR count). The van der Waals surface area contributed by atoms with Gasteiger partial charge >= 0.3 is 0 Å². The van der Waals surface area contributed by atoms with Crippen LogP contribution in [0.1, 0.15) is 335 Å². The molecule has 0 bridgehead atoms. The van der Waals surface area contributed by atoms with Crippen LogP contribution in [0.3, 0.4) is 0 Å². The van der Waals surface area contributed by atoms with Gasteiger partial charge < -0.3 is 89.9 Å². The molecule has 3 fully saturated rings. The van der Waals surface area contributed by atoms with Crippen LogP contribution in [0.5, 0.6) is 0 Å². The highest BCUT2D eigenvalue weighted by molar-refractivity contribution is 5.76. The Morgan fingerprint density at radius 3 is 1.01 bits per heavy atom. The van der Waals surface area contributed by atoms with Gasteiger partial charge in [-0.2, -0.15) is 0 Å². The second kappa shape index (κ2) is 61.2. The van der Waals surface area contributed by atoms with Crippen LogP contribution in [0.4, 0.5) is 0 Å². The lowest BCUT2D eigenvalue weighted by atomic mass is 9.96. The minimum absolute atomic E-state index is 0.236. The number of amides is 1. The Hall–Kier alpha value is -1.99. The molecule has 0 aromatic carbocycles. The Bertz CT molecular complexity index is 1930. The number of carbonyl (C=O) groups is 1. The molecule has 0 saturated carbocycles. The van der Waals surface area contributed by atoms with Crippen molar-refractivity contribution in [1.82, 2.24) is 5.32 Å². The highest BCUT2D eigenvalue weighted by Gasteiger charge is 2.54. The summed E-state index contributed by atoms with van der Waals surface area (Å²) in [6.45, 7) is 1.77. The predicted octanol–water partition coefficient (Wildman–Crippen LogP) is 13.5. The summed E-state index contributed by atoms with van der Waals surface area (Å²) < 4.78 is 34.4. The molecule has 3 aliphatic heterocycles. The molecule has 0 aromatic heterocycles. The minimum atomic E-state index is -1.98. The standard InChI is InChI=1S/C80H149NO18/c1-3-5-7-9-11-13-15-17-19-21-23-25-27-29-30-31-32-33-34-35-37-39-41-43-45-47-49-51-53-55-57-64(85)63(81-68(86)58-56-54-52-50-48-46-44-42-40-38-36-28-26-24-22-20-18-16-14-12-10-8-6-4-2)62-94-78-74(92)71(89)76(66(60-83)96-78)99-80-75(93)72(90)77(67(61-84)97-80)98-79-73(91)70(88)69(87)65(59-82)95-79/h39,41,47,49,55,57,63-67,69-80,82-85,87-93H,3-38,40,42-46,48,50-54,56,58-62H2,1-2H3,(H,81,86)/b41-39+,49-47+,57-55+. The maximum absolute atomic E-state index is 13.5. The van der Waals surface area contributed by atoms with E-state index in [1.54, 1.807) is 6.08 Å². The van der Waals surface area contributed by atoms with Crippen molar-refractivity contribution in [3.8, 4) is 0 Å². The molecule has 19 heteroatoms. The van der Waals surface area contributed by atoms with Crippen molar-refractivity contribution in [2.24, 2.45) is 0 Å². The molecule has 0 aliphatic carbocycles. The molecule has 3 saturated heterocycles. The lowest BCUT2D eigenvalue weighted by Gasteiger charge is -2.48. The molecule has 582 valence electrons. The molecule has 3 heterocycles. The minimum Gasteiger partial charge on any atom is -0.394 e. The summed E-state index contributed by atoms with van der Waals surface area (Å²) in [7, 11) is 0. The number of ether oxygens (including phenoxy) is 6. The number of aliphatic hydroxyl groups is 11. The number of unbranched alkanes of at least 4 members (excludes halogenated alkanes) is 45. The zero-order valence-corrected chi connectivity index (χ0v) is 62.2. The highest BCUT2D eigenvalue weighted by atomic mass is 16.8. The normalized spacial score (nSPS) is 26.7. The third-order valence-electron chi connectivity index (χ3n) is 20.4. The molecule has 3 aliphatic rings. The summed E-state index contributed by atoms with van der Waals surface area (Å²) in [5.74, 6) is -0.283. The molecule has 17 unspecified atom stereocenters. The summed E-state index contributed by atoms with van der Waals surface area (Å²) in [4.78, 5) is 13.5. The molecule has 1 amide bonds. The van der Waals surface area contributed by atoms with Gasteiger partial charge in [0.15, 0.2) is 18.9 Å². The number of allylic oxidation sites excluding steroid dienone is 5. The van der Waals surface area contributed by atoms with E-state index in [1.165, 1.54) is 257 Å². The van der Waals surface area contributed by atoms with Crippen molar-refractivity contribution in [3.05, 3.63) is 36.5 Å². The largest absolute Gasteiger partial charge is 0.394 e. The molecule has 17 atom stereocenters. The molecule has 0 aromatic rings. The van der Waals surface area contributed by atoms with E-state index in [1.807, 2.05) is 6.08 Å². The van der Waals surface area contributed by atoms with Crippen LogP contribution in [0.2, 0.25) is 0 Å². The van der Waals surface area contributed by atoms with E-state index in [2.05, 4.69) is 43.5 Å². The lowest BCUT2D eigenvalue weighted by Crippen LogP contribution is -2.66. The summed E-state index contributed by atoms with van der Waals surface area (Å²) in [5, 5.41) is 121. The van der Waals surface area contributed by atoms with Gasteiger partial charge in [-0.05, 0) is 44.9 Å². The number of carbonyl (C=O) groups excluding carboxylic acids is 1. The van der Waals surface area contributed by atoms with E-state index < -0.39 is 124 Å². The van der Waals surface area contributed by atoms with E-state index in [-0.39, 0.29) is 18.9 Å². The molecule has 19 nitrogen and oxygen atoms in total. The van der Waals surface area contributed by atoms with Crippen LogP contribution in [0.15, 0.2) is 36.5 Å². The van der Waals surface area contributed by atoms with E-state index in [0.717, 1.165) is 44.9 Å². The topological polar surface area (TPSA) is 307 Å². The molecule has 12 N–H and O–H groups in total. The first-order chi connectivity index (χ1) is 48.3. The Kier molecular flexibility index (Phi) is 56.4. The first-order valence-corrected chi connectivity index (χ1v) is 40.7. The van der Waals surface area contributed by atoms with Crippen LogP contribution in [-0.4, -0.2) is 193 Å². The first kappa shape index (κ1) is 91.2. The summed E-state index contributed by atoms with van der Waals surface area (Å²) in [5.41, 5.74) is 0. The van der Waals surface area contributed by atoms with Crippen molar-refractivity contribution in [1.29, 1.82) is 0 Å². The van der Waals surface area contributed by atoms with Crippen molar-refractivity contribution in [3.63, 3.8) is 0 Å². The number of hydrogen-bond acceptors (Lipinski definition) is 18. The Morgan fingerprint density at radius 1 is 0.354 bits per heavy atom. The van der Waals surface area contributed by atoms with Crippen molar-refractivity contribution >= 4 is 5.91 Å². The second-order valence-corrected chi connectivity index (χ2v) is 29.2. The van der Waals surface area contributed by atoms with E-state index >= 15 is 0 Å². The third-order valence-corrected chi connectivity index (χ3v) is 20.4. The summed E-state index contributed by atoms with van der Waals surface area (Å²) >= 11 is 0. The second-order valence-electron chi connectivity index (χ2n) is 29.2. The maximum Gasteiger partial charge on any atom is 0.220 e. The van der Waals surface area contributed by atoms with Crippen molar-refractivity contribution in [2.75, 3.05) is 26.4 Å². The first-order valence-electron chi connectivity index (χ1n) is 40.7. The van der Waals surface area contributed by atoms with E-state index in [4.69, 9.17) is 28.4 Å². The van der Waals surface area contributed by atoms with E-state index in [0.29, 0.717) is 12.8 Å². The fourth-order valence-corrected chi connectivity index (χ4v) is 13.9. The fraction of sp³-hybridized carbons (Fsp3) is 0.912. The van der Waals surface area contributed by atoms with E-state index in [9.17, 15) is 61.0 Å². The van der Waals surface area contributed by atoms with Gasteiger partial charge in [-0.25, -0.2) is 0 Å². The van der Waals surface area contributed by atoms with Gasteiger partial charge in [-0.3, -0.25) is 4.79 Å². The van der Waals surface area contributed by atoms with Crippen LogP contribution < -0.4 is 5.32 Å². The monoisotopic (exact) mass is 1410 g/mol. The summed E-state index contributed by atoms with van der Waals surface area (Å²) in [6, 6.07) is -0.996. The molecule has 0 spiro atoms. The number of nitrogens with one attached hydrogen (secondary N) is 1. The van der Waals surface area contributed by atoms with Gasteiger partial charge in [0, 0.05) is 6.42 Å². The zero-order chi connectivity index (χ0) is 71.8. The van der Waals surface area contributed by atoms with Gasteiger partial charge in [-0.15, -0.1) is 0 Å². The van der Waals surface area contributed by atoms with Gasteiger partial charge in [0.1, 0.15) is 73.2 Å². The highest BCUT2D eigenvalue weighted by Crippen LogP contribution is 2.33. The number of aliphatic hydroxyl groups excluding tert-OH is 11. The lowest BCUT2D eigenvalue weighted by molar-refractivity contribution is -0.379. The van der Waals surface area contributed by atoms with Crippen LogP contribution >= 0.6 is 0 Å². The van der Waals surface area contributed by atoms with Crippen LogP contribution in [0.25, 0.3) is 0 Å². The summed E-state index contributed by atoms with van der Waals surface area (Å²) in [6.07, 6.45) is 48.6. The maximum atomic E-state index is 13.5. The van der Waals surface area contributed by atoms with Gasteiger partial charge in [0.05, 0.1) is 38.6 Å². The smallest absolute Gasteiger partial charge is 0.220 e. The Balaban J connectivity index is 1.39. The van der Waals surface area contributed by atoms with Gasteiger partial charge in [-0.1, -0.05) is 320 Å². The number of rotatable bonds is 65. The van der Waals surface area contributed by atoms with Gasteiger partial charge in [0.2, 0.25) is 5.91 Å². The Morgan fingerprint density at radius 2 is 0.646 bits per heavy atom. The Labute approximate surface area is 600 Å². The molecule has 99 heavy (non-hydrogen) atoms. The SMILES string of the molecule is CCCCCCCCCCCCCCCCCCCCCC/C=C/CC/C=C/CC/C=C/C(O)C(COC1OC(CO)C(OC2OC(CO)C(OC3OC(CO)C(O)C(O)C3O)C(O)C2O)C(O)C1O)NC(=O)CCCCCCCCCCCCCCCCCCCCCCCCCC. The molecular formula is C80H149NO18. The van der Waals surface area contributed by atoms with Crippen molar-refractivity contribution < 1.29 is 89.4 Å². The average molecular weight is 1410 g/mol. The third kappa shape index (κ3) is 41.5. The number of hydrogen-bond donors (Lipinski definition) is 12. The van der Waals surface area contributed by atoms with Crippen LogP contribution in [0, 0.1) is 0 Å². The molecular weight excluding hydrogens is 1260 g/mol. The average Bonchev–Trinajstić information content (AvgIpc) is 0.781. The van der Waals surface area contributed by atoms with Crippen LogP contribution in [-0.2, 0) is 33.2 Å². The zero-order valence-electron chi connectivity index (χ0n) is 62.2. The fourth-order valence-electron chi connectivity index (χ4n) is 13.9. The van der Waals surface area contributed by atoms with Gasteiger partial charge in [0.25, 0.3) is 0 Å². The van der Waals surface area contributed by atoms with Crippen molar-refractivity contribution in [2.45, 2.75) is 439 Å². The quantitative estimate of drug-likeness (QED) is 0.0199. The predicted molar refractivity (Wildman–Crippen MR) is 393 cm³/mol. The molecule has 0 radical (unpaired) electrons.